The van der Waals surface area contributed by atoms with E-state index in [-0.39, 0.29) is 10.8 Å². The van der Waals surface area contributed by atoms with Crippen molar-refractivity contribution in [1.82, 2.24) is 4.40 Å². The average molecular weight is 1040 g/mol. The van der Waals surface area contributed by atoms with E-state index in [2.05, 4.69) is 333 Å². The normalized spacial score (nSPS) is 11.9. The highest BCUT2D eigenvalue weighted by molar-refractivity contribution is 6.10. The summed E-state index contributed by atoms with van der Waals surface area (Å²) in [5.74, 6) is 1.01. The summed E-state index contributed by atoms with van der Waals surface area (Å²) in [6.45, 7) is 13.7. The fourth-order valence-corrected chi connectivity index (χ4v) is 11.5. The lowest BCUT2D eigenvalue weighted by Gasteiger charge is -2.32. The molecule has 6 nitrogen and oxygen atoms in total. The summed E-state index contributed by atoms with van der Waals surface area (Å²) in [5, 5.41) is 4.59. The molecule has 0 unspecified atom stereocenters. The topological polar surface area (TPSA) is 30.5 Å². The zero-order valence-electron chi connectivity index (χ0n) is 46.1. The molecule has 10 aromatic carbocycles. The maximum Gasteiger partial charge on any atom is 0.159 e. The molecule has 0 atom stereocenters. The molecule has 0 bridgehead atoms. The number of hydrogen-bond donors (Lipinski definition) is 0. The van der Waals surface area contributed by atoms with Crippen molar-refractivity contribution in [3.05, 3.63) is 284 Å². The van der Waals surface area contributed by atoms with Crippen LogP contribution in [0.15, 0.2) is 278 Å². The predicted octanol–water partition coefficient (Wildman–Crippen LogP) is 21.5. The SMILES string of the molecule is CC(C)(C)c1ccc(N(c2cccc(N(c3cccc(N(c4ccccc4)c4ccc5cc(N(c6ccccc6)c6ccccc6)ccn45)c3)c3cccc4c3oc3ccccc34)c2)c2ccc(C(C)(C)C)c3ccccc23)cc1. The molecule has 3 aromatic heterocycles. The lowest BCUT2D eigenvalue weighted by Crippen LogP contribution is -2.16. The van der Waals surface area contributed by atoms with Crippen LogP contribution in [0.4, 0.5) is 68.4 Å². The Kier molecular flexibility index (Phi) is 12.6. The van der Waals surface area contributed by atoms with Gasteiger partial charge in [0.2, 0.25) is 0 Å². The standard InChI is InChI=1S/C74H63N5O/c1-73(2,3)52-39-41-56(42-40-52)77(68-45-44-67(74(4,5)6)63-33-16-17-34-64(63)68)58-29-20-30-59(50-58)78(69-37-22-36-66-65-35-18-19-38-70(65)80-72(66)69)60-31-21-32-61(51-60)79(55-27-14-9-15-28-55)71-46-43-57-49-62(47-48-75(57)71)76(53-23-10-7-11-24-53)54-25-12-8-13-26-54/h7-51H,1-6H3. The molecule has 0 saturated heterocycles. The summed E-state index contributed by atoms with van der Waals surface area (Å²) in [5.41, 5.74) is 16.7. The molecule has 0 fully saturated rings. The van der Waals surface area contributed by atoms with Crippen LogP contribution < -0.4 is 19.6 Å². The number of furan rings is 1. The molecule has 13 rings (SSSR count). The number of benzene rings is 10. The summed E-state index contributed by atoms with van der Waals surface area (Å²) >= 11 is 0. The third kappa shape index (κ3) is 9.18. The quantitative estimate of drug-likeness (QED) is 0.122. The van der Waals surface area contributed by atoms with Gasteiger partial charge in [-0.15, -0.1) is 0 Å². The number of aromatic nitrogens is 1. The van der Waals surface area contributed by atoms with Crippen LogP contribution in [0, 0.1) is 0 Å². The van der Waals surface area contributed by atoms with Crippen LogP contribution in [0.3, 0.4) is 0 Å². The van der Waals surface area contributed by atoms with Gasteiger partial charge in [-0.05, 0) is 155 Å². The predicted molar refractivity (Wildman–Crippen MR) is 338 cm³/mol. The van der Waals surface area contributed by atoms with Crippen LogP contribution in [0.25, 0.3) is 38.2 Å². The van der Waals surface area contributed by atoms with Crippen molar-refractivity contribution in [2.45, 2.75) is 52.4 Å². The number of para-hydroxylation sites is 5. The first kappa shape index (κ1) is 49.8. The van der Waals surface area contributed by atoms with E-state index in [0.29, 0.717) is 0 Å². The minimum atomic E-state index is -0.0504. The van der Waals surface area contributed by atoms with Gasteiger partial charge in [-0.2, -0.15) is 0 Å². The molecular formula is C74H63N5O. The van der Waals surface area contributed by atoms with Gasteiger partial charge in [-0.1, -0.05) is 181 Å². The summed E-state index contributed by atoms with van der Waals surface area (Å²) in [6.07, 6.45) is 2.20. The van der Waals surface area contributed by atoms with Crippen molar-refractivity contribution < 1.29 is 4.42 Å². The van der Waals surface area contributed by atoms with Gasteiger partial charge in [0, 0.05) is 79.1 Å². The molecule has 6 heteroatoms. The fraction of sp³-hybridized carbons (Fsp3) is 0.108. The van der Waals surface area contributed by atoms with E-state index in [0.717, 1.165) is 95.8 Å². The molecule has 0 aliphatic carbocycles. The highest BCUT2D eigenvalue weighted by Crippen LogP contribution is 2.48. The Morgan fingerprint density at radius 2 is 0.787 bits per heavy atom. The van der Waals surface area contributed by atoms with Crippen molar-refractivity contribution in [3.63, 3.8) is 0 Å². The molecule has 0 saturated carbocycles. The summed E-state index contributed by atoms with van der Waals surface area (Å²) in [7, 11) is 0. The van der Waals surface area contributed by atoms with Crippen molar-refractivity contribution >= 4 is 107 Å². The number of nitrogens with zero attached hydrogens (tertiary/aromatic N) is 5. The molecular weight excluding hydrogens is 975 g/mol. The van der Waals surface area contributed by atoms with Gasteiger partial charge in [0.05, 0.1) is 11.4 Å². The molecule has 0 N–H and O–H groups in total. The second-order valence-corrected chi connectivity index (χ2v) is 22.7. The monoisotopic (exact) mass is 1040 g/mol. The van der Waals surface area contributed by atoms with Gasteiger partial charge in [0.25, 0.3) is 0 Å². The Bertz CT molecular complexity index is 4300. The Morgan fingerprint density at radius 3 is 1.39 bits per heavy atom. The molecule has 390 valence electrons. The largest absolute Gasteiger partial charge is 0.454 e. The maximum absolute atomic E-state index is 6.92. The van der Waals surface area contributed by atoms with E-state index >= 15 is 0 Å². The molecule has 0 aliphatic rings. The van der Waals surface area contributed by atoms with Crippen LogP contribution in [-0.2, 0) is 10.8 Å². The number of rotatable bonds is 12. The smallest absolute Gasteiger partial charge is 0.159 e. The van der Waals surface area contributed by atoms with Gasteiger partial charge in [0.15, 0.2) is 5.58 Å². The van der Waals surface area contributed by atoms with Crippen molar-refractivity contribution in [1.29, 1.82) is 0 Å². The van der Waals surface area contributed by atoms with Crippen LogP contribution >= 0.6 is 0 Å². The van der Waals surface area contributed by atoms with Gasteiger partial charge in [-0.3, -0.25) is 4.90 Å². The van der Waals surface area contributed by atoms with Crippen LogP contribution in [0.1, 0.15) is 52.7 Å². The van der Waals surface area contributed by atoms with Crippen LogP contribution in [-0.4, -0.2) is 4.40 Å². The summed E-state index contributed by atoms with van der Waals surface area (Å²) < 4.78 is 9.20. The lowest BCUT2D eigenvalue weighted by molar-refractivity contribution is 0.590. The van der Waals surface area contributed by atoms with Crippen molar-refractivity contribution in [2.24, 2.45) is 0 Å². The third-order valence-electron chi connectivity index (χ3n) is 15.4. The minimum Gasteiger partial charge on any atom is -0.454 e. The Balaban J connectivity index is 0.990. The Morgan fingerprint density at radius 1 is 0.312 bits per heavy atom. The fourth-order valence-electron chi connectivity index (χ4n) is 11.5. The Labute approximate surface area is 469 Å². The van der Waals surface area contributed by atoms with Crippen molar-refractivity contribution in [3.8, 4) is 0 Å². The number of hydrogen-bond acceptors (Lipinski definition) is 5. The van der Waals surface area contributed by atoms with Gasteiger partial charge < -0.3 is 23.5 Å². The average Bonchev–Trinajstić information content (AvgIpc) is 4.17. The van der Waals surface area contributed by atoms with Gasteiger partial charge in [0.1, 0.15) is 11.4 Å². The first-order chi connectivity index (χ1) is 39.0. The van der Waals surface area contributed by atoms with Gasteiger partial charge in [-0.25, -0.2) is 0 Å². The minimum absolute atomic E-state index is 0.00168. The highest BCUT2D eigenvalue weighted by Gasteiger charge is 2.26. The Hall–Kier alpha value is -9.78. The molecule has 0 amide bonds. The second-order valence-electron chi connectivity index (χ2n) is 22.7. The molecule has 0 radical (unpaired) electrons. The van der Waals surface area contributed by atoms with Gasteiger partial charge >= 0.3 is 0 Å². The van der Waals surface area contributed by atoms with E-state index in [9.17, 15) is 0 Å². The van der Waals surface area contributed by atoms with Crippen LogP contribution in [0.2, 0.25) is 0 Å². The third-order valence-corrected chi connectivity index (χ3v) is 15.4. The van der Waals surface area contributed by atoms with E-state index in [1.807, 2.05) is 6.07 Å². The first-order valence-electron chi connectivity index (χ1n) is 27.7. The number of pyridine rings is 1. The second kappa shape index (κ2) is 20.2. The van der Waals surface area contributed by atoms with E-state index in [1.54, 1.807) is 0 Å². The lowest BCUT2D eigenvalue weighted by atomic mass is 9.83. The molecule has 0 aliphatic heterocycles. The highest BCUT2D eigenvalue weighted by atomic mass is 16.3. The van der Waals surface area contributed by atoms with Crippen LogP contribution in [0.5, 0.6) is 0 Å². The molecule has 80 heavy (non-hydrogen) atoms. The summed E-state index contributed by atoms with van der Waals surface area (Å²) in [6, 6.07) is 96.1. The maximum atomic E-state index is 6.92. The zero-order valence-corrected chi connectivity index (χ0v) is 46.1. The summed E-state index contributed by atoms with van der Waals surface area (Å²) in [4.78, 5) is 9.46. The molecule has 0 spiro atoms. The molecule has 13 aromatic rings. The number of fused-ring (bicyclic) bond motifs is 5. The van der Waals surface area contributed by atoms with Crippen molar-refractivity contribution in [2.75, 3.05) is 19.6 Å². The van der Waals surface area contributed by atoms with E-state index in [1.165, 1.54) is 21.9 Å². The van der Waals surface area contributed by atoms with E-state index < -0.39 is 0 Å². The zero-order chi connectivity index (χ0) is 54.5. The molecule has 3 heterocycles. The number of anilines is 12. The first-order valence-corrected chi connectivity index (χ1v) is 27.7. The van der Waals surface area contributed by atoms with E-state index in [4.69, 9.17) is 4.42 Å².